The van der Waals surface area contributed by atoms with Crippen LogP contribution in [-0.2, 0) is 27.9 Å². The van der Waals surface area contributed by atoms with Crippen LogP contribution in [0.2, 0.25) is 0 Å². The molecule has 3 unspecified atom stereocenters. The van der Waals surface area contributed by atoms with E-state index in [-0.39, 0.29) is 31.5 Å². The van der Waals surface area contributed by atoms with Gasteiger partial charge < -0.3 is 19.4 Å². The molecule has 420 valence electrons. The molecule has 0 aromatic heterocycles. The molecule has 0 saturated carbocycles. The first-order valence-corrected chi connectivity index (χ1v) is 31.6. The maximum Gasteiger partial charge on any atom is 0.472 e. The number of unbranched alkanes of at least 4 members (excludes halogenated alkanes) is 30. The molecule has 0 aliphatic rings. The van der Waals surface area contributed by atoms with Gasteiger partial charge in [0, 0.05) is 12.8 Å². The fourth-order valence-electron chi connectivity index (χ4n) is 8.47. The summed E-state index contributed by atoms with van der Waals surface area (Å²) in [4.78, 5) is 37.6. The number of esters is 1. The number of carbonyl (C=O) groups excluding carboxylic acids is 2. The molecule has 1 amide bonds. The smallest absolute Gasteiger partial charge is 0.456 e. The van der Waals surface area contributed by atoms with Crippen molar-refractivity contribution in [2.24, 2.45) is 0 Å². The van der Waals surface area contributed by atoms with Crippen molar-refractivity contribution in [3.63, 3.8) is 0 Å². The first-order chi connectivity index (χ1) is 34.9. The molecule has 0 bridgehead atoms. The lowest BCUT2D eigenvalue weighted by atomic mass is 10.0. The summed E-state index contributed by atoms with van der Waals surface area (Å²) in [5.41, 5.74) is 0. The molecule has 72 heavy (non-hydrogen) atoms. The second-order valence-corrected chi connectivity index (χ2v) is 23.0. The van der Waals surface area contributed by atoms with Crippen LogP contribution in [0.4, 0.5) is 0 Å². The molecule has 0 aromatic rings. The molecular formula is C62H116N2O7P+. The van der Waals surface area contributed by atoms with Gasteiger partial charge in [0.15, 0.2) is 0 Å². The topological polar surface area (TPSA) is 111 Å². The Labute approximate surface area is 445 Å². The van der Waals surface area contributed by atoms with Crippen molar-refractivity contribution in [1.82, 2.24) is 5.32 Å². The molecule has 0 rings (SSSR count). The van der Waals surface area contributed by atoms with E-state index in [1.54, 1.807) is 0 Å². The number of phosphoric acid groups is 1. The van der Waals surface area contributed by atoms with Gasteiger partial charge in [-0.1, -0.05) is 223 Å². The molecule has 0 radical (unpaired) electrons. The molecule has 3 atom stereocenters. The van der Waals surface area contributed by atoms with Gasteiger partial charge in [0.25, 0.3) is 0 Å². The minimum absolute atomic E-state index is 0.0342. The van der Waals surface area contributed by atoms with Crippen LogP contribution in [0.3, 0.4) is 0 Å². The van der Waals surface area contributed by atoms with E-state index in [2.05, 4.69) is 74.7 Å². The van der Waals surface area contributed by atoms with Gasteiger partial charge in [0.1, 0.15) is 19.3 Å². The minimum atomic E-state index is -4.45. The van der Waals surface area contributed by atoms with E-state index in [4.69, 9.17) is 13.8 Å². The summed E-state index contributed by atoms with van der Waals surface area (Å²) >= 11 is 0. The molecule has 0 fully saturated rings. The van der Waals surface area contributed by atoms with Crippen molar-refractivity contribution in [2.75, 3.05) is 40.9 Å². The number of phosphoric ester groups is 1. The highest BCUT2D eigenvalue weighted by Crippen LogP contribution is 2.43. The van der Waals surface area contributed by atoms with Gasteiger partial charge >= 0.3 is 13.8 Å². The van der Waals surface area contributed by atoms with Gasteiger partial charge in [0.05, 0.1) is 33.8 Å². The van der Waals surface area contributed by atoms with Crippen LogP contribution in [0, 0.1) is 0 Å². The number of hydrogen-bond acceptors (Lipinski definition) is 6. The van der Waals surface area contributed by atoms with E-state index in [1.165, 1.54) is 141 Å². The summed E-state index contributed by atoms with van der Waals surface area (Å²) in [6, 6.07) is -0.861. The molecular weight excluding hydrogens is 916 g/mol. The van der Waals surface area contributed by atoms with E-state index >= 15 is 0 Å². The number of rotatable bonds is 54. The fraction of sp³-hybridized carbons (Fsp3) is 0.806. The van der Waals surface area contributed by atoms with Crippen molar-refractivity contribution in [2.45, 2.75) is 283 Å². The summed E-state index contributed by atoms with van der Waals surface area (Å²) in [6.45, 7) is 6.97. The second-order valence-electron chi connectivity index (χ2n) is 21.5. The van der Waals surface area contributed by atoms with Crippen molar-refractivity contribution in [3.8, 4) is 0 Å². The Kier molecular flexibility index (Phi) is 50.5. The third-order valence-corrected chi connectivity index (χ3v) is 14.2. The summed E-state index contributed by atoms with van der Waals surface area (Å²) < 4.78 is 30.6. The number of allylic oxidation sites excluding steroid dienone is 9. The van der Waals surface area contributed by atoms with Gasteiger partial charge in [-0.15, -0.1) is 0 Å². The zero-order chi connectivity index (χ0) is 52.9. The summed E-state index contributed by atoms with van der Waals surface area (Å²) in [5.74, 6) is -0.535. The molecule has 0 aliphatic heterocycles. The first-order valence-electron chi connectivity index (χ1n) is 30.1. The van der Waals surface area contributed by atoms with E-state index in [0.717, 1.165) is 89.9 Å². The van der Waals surface area contributed by atoms with Crippen LogP contribution in [0.5, 0.6) is 0 Å². The number of quaternary nitrogens is 1. The molecule has 0 aliphatic carbocycles. The maximum atomic E-state index is 13.5. The standard InChI is InChI=1S/C62H115N2O7P/c1-7-10-13-16-19-22-25-28-30-31-32-33-34-36-39-42-45-48-51-54-61(65)63-59(58-70-72(67,68)69-57-56-64(4,5)6)60(53-50-47-44-41-38-35-27-24-21-18-15-12-9-3)71-62(66)55-52-49-46-43-40-37-29-26-23-20-17-14-11-8-2/h19,22,28,30,32-33,37,40,50,53,59-60H,7-18,20-21,23-27,29,31,34-36,38-39,41-49,51-52,54-58H2,1-6H3,(H-,63,65,67,68)/p+1/b22-19-,30-28-,33-32-,40-37-,53-50-. The lowest BCUT2D eigenvalue weighted by Gasteiger charge is -2.27. The van der Waals surface area contributed by atoms with Crippen molar-refractivity contribution in [1.29, 1.82) is 0 Å². The highest BCUT2D eigenvalue weighted by Gasteiger charge is 2.30. The van der Waals surface area contributed by atoms with Gasteiger partial charge in [-0.2, -0.15) is 0 Å². The Morgan fingerprint density at radius 1 is 0.486 bits per heavy atom. The van der Waals surface area contributed by atoms with Gasteiger partial charge in [-0.05, 0) is 96.0 Å². The first kappa shape index (κ1) is 69.7. The van der Waals surface area contributed by atoms with Crippen LogP contribution < -0.4 is 5.32 Å². The fourth-order valence-corrected chi connectivity index (χ4v) is 9.21. The third-order valence-electron chi connectivity index (χ3n) is 13.2. The van der Waals surface area contributed by atoms with Crippen molar-refractivity contribution >= 4 is 19.7 Å². The lowest BCUT2D eigenvalue weighted by molar-refractivity contribution is -0.870. The van der Waals surface area contributed by atoms with E-state index in [0.29, 0.717) is 23.9 Å². The average molecular weight is 1030 g/mol. The van der Waals surface area contributed by atoms with Crippen LogP contribution in [0.25, 0.3) is 0 Å². The zero-order valence-corrected chi connectivity index (χ0v) is 48.8. The SMILES string of the molecule is CCCCC/C=C\C/C=C\C/C=C\CCCCCCCCC(=O)NC(COP(=O)(O)OCC[N+](C)(C)C)C(/C=C\CCCCCCCCCCCCC)OC(=O)CCCCC/C=C\CCCCCCCCC. The molecule has 0 spiro atoms. The molecule has 0 saturated heterocycles. The van der Waals surface area contributed by atoms with Gasteiger partial charge in [-0.25, -0.2) is 4.57 Å². The average Bonchev–Trinajstić information content (AvgIpc) is 3.34. The number of ether oxygens (including phenoxy) is 1. The van der Waals surface area contributed by atoms with Gasteiger partial charge in [0.2, 0.25) is 5.91 Å². The number of hydrogen-bond donors (Lipinski definition) is 2. The number of carbonyl (C=O) groups is 2. The monoisotopic (exact) mass is 1030 g/mol. The predicted molar refractivity (Wildman–Crippen MR) is 309 cm³/mol. The zero-order valence-electron chi connectivity index (χ0n) is 47.9. The Hall–Kier alpha value is -2.29. The van der Waals surface area contributed by atoms with Crippen LogP contribution in [0.1, 0.15) is 271 Å². The Morgan fingerprint density at radius 3 is 1.32 bits per heavy atom. The predicted octanol–water partition coefficient (Wildman–Crippen LogP) is 18.3. The molecule has 2 N–H and O–H groups in total. The summed E-state index contributed by atoms with van der Waals surface area (Å²) in [5, 5.41) is 3.04. The van der Waals surface area contributed by atoms with Gasteiger partial charge in [-0.3, -0.25) is 18.6 Å². The number of nitrogens with one attached hydrogen (secondary N) is 1. The normalized spacial score (nSPS) is 14.2. The number of amides is 1. The highest BCUT2D eigenvalue weighted by molar-refractivity contribution is 7.47. The largest absolute Gasteiger partial charge is 0.472 e. The van der Waals surface area contributed by atoms with Crippen LogP contribution in [-0.4, -0.2) is 74.3 Å². The van der Waals surface area contributed by atoms with E-state index in [9.17, 15) is 19.0 Å². The summed E-state index contributed by atoms with van der Waals surface area (Å²) in [7, 11) is 1.48. The molecule has 0 aromatic carbocycles. The van der Waals surface area contributed by atoms with Crippen molar-refractivity contribution < 1.29 is 37.3 Å². The lowest BCUT2D eigenvalue weighted by Crippen LogP contribution is -2.47. The minimum Gasteiger partial charge on any atom is -0.456 e. The van der Waals surface area contributed by atoms with E-state index in [1.807, 2.05) is 33.3 Å². The Balaban J connectivity index is 5.36. The second kappa shape index (κ2) is 52.2. The highest BCUT2D eigenvalue weighted by atomic mass is 31.2. The van der Waals surface area contributed by atoms with Crippen LogP contribution in [0.15, 0.2) is 60.8 Å². The maximum absolute atomic E-state index is 13.5. The molecule has 9 nitrogen and oxygen atoms in total. The molecule has 10 heteroatoms. The Bertz CT molecular complexity index is 1420. The number of nitrogens with zero attached hydrogens (tertiary/aromatic N) is 1. The quantitative estimate of drug-likeness (QED) is 0.0205. The molecule has 0 heterocycles. The van der Waals surface area contributed by atoms with Crippen LogP contribution >= 0.6 is 7.82 Å². The Morgan fingerprint density at radius 2 is 0.847 bits per heavy atom. The number of likely N-dealkylation sites (N-methyl/N-ethyl adjacent to an activating group) is 1. The van der Waals surface area contributed by atoms with Crippen molar-refractivity contribution in [3.05, 3.63) is 60.8 Å². The third kappa shape index (κ3) is 52.6. The van der Waals surface area contributed by atoms with E-state index < -0.39 is 20.0 Å². The summed E-state index contributed by atoms with van der Waals surface area (Å²) in [6.07, 6.45) is 64.9.